The third kappa shape index (κ3) is 1.38. The summed E-state index contributed by atoms with van der Waals surface area (Å²) >= 11 is 0. The highest BCUT2D eigenvalue weighted by Crippen LogP contribution is 2.10. The Morgan fingerprint density at radius 2 is 2.10 bits per heavy atom. The maximum atomic E-state index is 5.70. The van der Waals surface area contributed by atoms with E-state index in [1.807, 2.05) is 12.1 Å². The summed E-state index contributed by atoms with van der Waals surface area (Å²) in [6.07, 6.45) is 1.02. The zero-order chi connectivity index (χ0) is 7.56. The van der Waals surface area contributed by atoms with Gasteiger partial charge in [0.25, 0.3) is 0 Å². The average Bonchev–Trinajstić information content (AvgIpc) is 1.94. The minimum Gasteiger partial charge on any atom is -0.0613 e. The van der Waals surface area contributed by atoms with Crippen LogP contribution in [0.25, 0.3) is 0 Å². The maximum absolute atomic E-state index is 5.70. The van der Waals surface area contributed by atoms with Crippen LogP contribution in [0.2, 0.25) is 0 Å². The first kappa shape index (κ1) is 7.33. The molecule has 0 fully saturated rings. The van der Waals surface area contributed by atoms with Crippen molar-refractivity contribution in [3.63, 3.8) is 0 Å². The van der Waals surface area contributed by atoms with E-state index < -0.39 is 0 Å². The second-order valence-corrected chi connectivity index (χ2v) is 2.56. The zero-order valence-electron chi connectivity index (χ0n) is 6.52. The summed E-state index contributed by atoms with van der Waals surface area (Å²) in [5, 5.41) is 0. The molecular formula is C10H12. The fourth-order valence-corrected chi connectivity index (χ4v) is 1.04. The molecule has 0 N–H and O–H groups in total. The highest BCUT2D eigenvalue weighted by Gasteiger charge is 1.93. The average molecular weight is 132 g/mol. The van der Waals surface area contributed by atoms with E-state index >= 15 is 0 Å². The summed E-state index contributed by atoms with van der Waals surface area (Å²) in [5.74, 6) is 0. The van der Waals surface area contributed by atoms with E-state index in [2.05, 4.69) is 19.9 Å². The molecule has 1 rings (SSSR count). The smallest absolute Gasteiger partial charge is 0.000911 e. The van der Waals surface area contributed by atoms with Gasteiger partial charge in [0.15, 0.2) is 0 Å². The Labute approximate surface area is 62.9 Å². The van der Waals surface area contributed by atoms with Crippen molar-refractivity contribution >= 4 is 0 Å². The van der Waals surface area contributed by atoms with E-state index in [0.717, 1.165) is 12.0 Å². The summed E-state index contributed by atoms with van der Waals surface area (Å²) in [6, 6.07) is 6.14. The van der Waals surface area contributed by atoms with Crippen LogP contribution in [0.15, 0.2) is 18.2 Å². The molecule has 10 heavy (non-hydrogen) atoms. The molecule has 0 saturated carbocycles. The molecule has 0 bridgehead atoms. The molecule has 0 heterocycles. The van der Waals surface area contributed by atoms with Crippen molar-refractivity contribution in [2.24, 2.45) is 0 Å². The van der Waals surface area contributed by atoms with Crippen molar-refractivity contribution in [3.8, 4) is 0 Å². The van der Waals surface area contributed by atoms with Gasteiger partial charge >= 0.3 is 0 Å². The zero-order valence-corrected chi connectivity index (χ0v) is 6.52. The van der Waals surface area contributed by atoms with Gasteiger partial charge in [-0.3, -0.25) is 0 Å². The van der Waals surface area contributed by atoms with Gasteiger partial charge in [-0.05, 0) is 31.4 Å². The van der Waals surface area contributed by atoms with Gasteiger partial charge in [-0.15, -0.1) is 0 Å². The van der Waals surface area contributed by atoms with E-state index in [1.54, 1.807) is 0 Å². The molecule has 0 aliphatic heterocycles. The maximum Gasteiger partial charge on any atom is -0.000911 e. The second kappa shape index (κ2) is 2.87. The highest BCUT2D eigenvalue weighted by atomic mass is 14.0. The molecule has 0 atom stereocenters. The van der Waals surface area contributed by atoms with Crippen LogP contribution in [-0.2, 0) is 6.42 Å². The van der Waals surface area contributed by atoms with Crippen LogP contribution in [0.4, 0.5) is 0 Å². The molecule has 1 aromatic carbocycles. The van der Waals surface area contributed by atoms with Gasteiger partial charge in [0.2, 0.25) is 0 Å². The van der Waals surface area contributed by atoms with Crippen LogP contribution in [0.3, 0.4) is 0 Å². The number of benzene rings is 1. The Balaban J connectivity index is 3.09. The Bertz CT molecular complexity index is 223. The van der Waals surface area contributed by atoms with E-state index in [0.29, 0.717) is 0 Å². The first-order valence-corrected chi connectivity index (χ1v) is 3.59. The molecule has 2 radical (unpaired) electrons. The fourth-order valence-electron chi connectivity index (χ4n) is 1.04. The molecule has 0 aliphatic rings. The lowest BCUT2D eigenvalue weighted by atomic mass is 10.0. The van der Waals surface area contributed by atoms with Crippen LogP contribution in [0.5, 0.6) is 0 Å². The van der Waals surface area contributed by atoms with Crippen LogP contribution in [0.1, 0.15) is 23.6 Å². The van der Waals surface area contributed by atoms with E-state index in [-0.39, 0.29) is 0 Å². The third-order valence-electron chi connectivity index (χ3n) is 1.68. The molecule has 1 aromatic rings. The SMILES string of the molecule is [CH]c1ccc(C)cc1CC. The Hall–Kier alpha value is -0.780. The minimum absolute atomic E-state index is 0.910. The molecule has 0 nitrogen and oxygen atoms in total. The summed E-state index contributed by atoms with van der Waals surface area (Å²) in [7, 11) is 0. The van der Waals surface area contributed by atoms with Crippen LogP contribution in [-0.4, -0.2) is 0 Å². The lowest BCUT2D eigenvalue weighted by molar-refractivity contribution is 1.12. The van der Waals surface area contributed by atoms with Crippen molar-refractivity contribution in [1.82, 2.24) is 0 Å². The monoisotopic (exact) mass is 132 g/mol. The van der Waals surface area contributed by atoms with Gasteiger partial charge in [-0.2, -0.15) is 0 Å². The second-order valence-electron chi connectivity index (χ2n) is 2.56. The lowest BCUT2D eigenvalue weighted by Crippen LogP contribution is -1.86. The quantitative estimate of drug-likeness (QED) is 0.551. The standard InChI is InChI=1S/C10H12/c1-4-10-7-8(2)5-6-9(10)3/h3,5-7H,4H2,1-2H3. The molecule has 0 saturated heterocycles. The van der Waals surface area contributed by atoms with Gasteiger partial charge in [0.05, 0.1) is 0 Å². The molecule has 0 amide bonds. The number of hydrogen-bond donors (Lipinski definition) is 0. The fraction of sp³-hybridized carbons (Fsp3) is 0.300. The van der Waals surface area contributed by atoms with E-state index in [4.69, 9.17) is 6.92 Å². The summed E-state index contributed by atoms with van der Waals surface area (Å²) in [6.45, 7) is 9.90. The van der Waals surface area contributed by atoms with Crippen LogP contribution in [0, 0.1) is 13.8 Å². The first-order chi connectivity index (χ1) is 4.74. The predicted octanol–water partition coefficient (Wildman–Crippen LogP) is 2.62. The van der Waals surface area contributed by atoms with Gasteiger partial charge < -0.3 is 0 Å². The van der Waals surface area contributed by atoms with E-state index in [9.17, 15) is 0 Å². The summed E-state index contributed by atoms with van der Waals surface area (Å²) in [5.41, 5.74) is 3.44. The number of hydrogen-bond acceptors (Lipinski definition) is 0. The third-order valence-corrected chi connectivity index (χ3v) is 1.68. The van der Waals surface area contributed by atoms with Crippen molar-refractivity contribution in [1.29, 1.82) is 0 Å². The normalized spacial score (nSPS) is 9.90. The molecule has 0 spiro atoms. The number of rotatable bonds is 1. The Morgan fingerprint density at radius 3 is 2.60 bits per heavy atom. The molecule has 0 aromatic heterocycles. The summed E-state index contributed by atoms with van der Waals surface area (Å²) in [4.78, 5) is 0. The molecular weight excluding hydrogens is 120 g/mol. The molecule has 0 aliphatic carbocycles. The highest BCUT2D eigenvalue weighted by molar-refractivity contribution is 5.33. The van der Waals surface area contributed by atoms with Gasteiger partial charge in [-0.25, -0.2) is 0 Å². The predicted molar refractivity (Wildman–Crippen MR) is 44.0 cm³/mol. The molecule has 0 unspecified atom stereocenters. The summed E-state index contributed by atoms with van der Waals surface area (Å²) < 4.78 is 0. The van der Waals surface area contributed by atoms with Crippen LogP contribution < -0.4 is 0 Å². The topological polar surface area (TPSA) is 0 Å². The van der Waals surface area contributed by atoms with Crippen molar-refractivity contribution in [2.45, 2.75) is 20.3 Å². The largest absolute Gasteiger partial charge is 0.0613 e. The van der Waals surface area contributed by atoms with Crippen LogP contribution >= 0.6 is 0 Å². The number of aryl methyl sites for hydroxylation is 2. The van der Waals surface area contributed by atoms with Crippen molar-refractivity contribution in [3.05, 3.63) is 41.8 Å². The van der Waals surface area contributed by atoms with Gasteiger partial charge in [0.1, 0.15) is 0 Å². The van der Waals surface area contributed by atoms with Gasteiger partial charge in [0, 0.05) is 0 Å². The molecule has 0 heteroatoms. The minimum atomic E-state index is 0.910. The van der Waals surface area contributed by atoms with Crippen molar-refractivity contribution in [2.75, 3.05) is 0 Å². The van der Waals surface area contributed by atoms with Crippen molar-refractivity contribution < 1.29 is 0 Å². The first-order valence-electron chi connectivity index (χ1n) is 3.59. The van der Waals surface area contributed by atoms with E-state index in [1.165, 1.54) is 11.1 Å². The lowest BCUT2D eigenvalue weighted by Gasteiger charge is -2.01. The van der Waals surface area contributed by atoms with Gasteiger partial charge in [-0.1, -0.05) is 30.7 Å². The Kier molecular flexibility index (Phi) is 2.10. The Morgan fingerprint density at radius 1 is 1.40 bits per heavy atom. The molecule has 52 valence electrons.